The van der Waals surface area contributed by atoms with E-state index in [0.717, 1.165) is 17.2 Å². The summed E-state index contributed by atoms with van der Waals surface area (Å²) in [6.45, 7) is 7.89. The Labute approximate surface area is 180 Å². The number of aryl methyl sites for hydroxylation is 2. The lowest BCUT2D eigenvalue weighted by Gasteiger charge is -2.36. The summed E-state index contributed by atoms with van der Waals surface area (Å²) in [5.74, 6) is 0.948. The second-order valence-electron chi connectivity index (χ2n) is 7.58. The number of rotatable bonds is 5. The number of para-hydroxylation sites is 1. The summed E-state index contributed by atoms with van der Waals surface area (Å²) in [5, 5.41) is 4.48. The van der Waals surface area contributed by atoms with Crippen molar-refractivity contribution in [1.82, 2.24) is 24.6 Å². The number of hydrogen-bond donors (Lipinski definition) is 0. The van der Waals surface area contributed by atoms with Crippen molar-refractivity contribution in [2.24, 2.45) is 0 Å². The summed E-state index contributed by atoms with van der Waals surface area (Å²) in [4.78, 5) is 25.4. The molecule has 1 saturated heterocycles. The molecule has 4 rings (SSSR count). The summed E-state index contributed by atoms with van der Waals surface area (Å²) < 4.78 is 21.1. The molecular formula is C22H25FN6O2. The highest BCUT2D eigenvalue weighted by Crippen LogP contribution is 2.20. The summed E-state index contributed by atoms with van der Waals surface area (Å²) in [6, 6.07) is 10.00. The van der Waals surface area contributed by atoms with E-state index in [9.17, 15) is 9.18 Å². The third-order valence-corrected chi connectivity index (χ3v) is 5.27. The summed E-state index contributed by atoms with van der Waals surface area (Å²) in [6.07, 6.45) is 0.767. The molecule has 1 aliphatic rings. The fraction of sp³-hybridized carbons (Fsp3) is 0.364. The molecular weight excluding hydrogens is 399 g/mol. The van der Waals surface area contributed by atoms with Crippen LogP contribution in [0.1, 0.15) is 18.3 Å². The molecule has 2 aromatic heterocycles. The molecule has 0 radical (unpaired) electrons. The van der Waals surface area contributed by atoms with Crippen LogP contribution >= 0.6 is 0 Å². The number of benzene rings is 1. The van der Waals surface area contributed by atoms with Gasteiger partial charge in [-0.2, -0.15) is 5.10 Å². The van der Waals surface area contributed by atoms with Crippen molar-refractivity contribution >= 4 is 11.7 Å². The van der Waals surface area contributed by atoms with Crippen LogP contribution in [0.4, 0.5) is 10.2 Å². The molecule has 1 aliphatic heterocycles. The minimum Gasteiger partial charge on any atom is -0.478 e. The number of halogens is 1. The Bertz CT molecular complexity index is 1080. The topological polar surface area (TPSA) is 76.4 Å². The van der Waals surface area contributed by atoms with Crippen molar-refractivity contribution in [1.29, 1.82) is 0 Å². The maximum absolute atomic E-state index is 13.8. The second kappa shape index (κ2) is 8.71. The van der Waals surface area contributed by atoms with E-state index in [-0.39, 0.29) is 11.7 Å². The molecule has 3 heterocycles. The molecule has 0 saturated carbocycles. The molecule has 9 heteroatoms. The van der Waals surface area contributed by atoms with Crippen LogP contribution in [0.15, 0.2) is 42.7 Å². The standard InChI is InChI=1S/C22H25FN6O2/c1-15-12-16(2)29(26-15)21-13-20(24-14-25-21)27-8-10-28(11-9-27)22(30)17(3)31-19-7-5-4-6-18(19)23/h4-7,12-14,17H,8-11H2,1-3H3. The smallest absolute Gasteiger partial charge is 0.263 e. The van der Waals surface area contributed by atoms with Crippen LogP contribution in [0.3, 0.4) is 0 Å². The maximum Gasteiger partial charge on any atom is 0.263 e. The monoisotopic (exact) mass is 424 g/mol. The van der Waals surface area contributed by atoms with E-state index in [0.29, 0.717) is 32.0 Å². The minimum absolute atomic E-state index is 0.0830. The Morgan fingerprint density at radius 1 is 1.06 bits per heavy atom. The number of carbonyl (C=O) groups excluding carboxylic acids is 1. The lowest BCUT2D eigenvalue weighted by atomic mass is 10.2. The summed E-state index contributed by atoms with van der Waals surface area (Å²) >= 11 is 0. The third kappa shape index (κ3) is 4.50. The number of amides is 1. The number of ether oxygens (including phenoxy) is 1. The van der Waals surface area contributed by atoms with Gasteiger partial charge in [0.1, 0.15) is 12.1 Å². The zero-order valence-corrected chi connectivity index (χ0v) is 17.8. The number of piperazine rings is 1. The van der Waals surface area contributed by atoms with Crippen molar-refractivity contribution in [2.45, 2.75) is 26.9 Å². The highest BCUT2D eigenvalue weighted by molar-refractivity contribution is 5.81. The van der Waals surface area contributed by atoms with Crippen molar-refractivity contribution in [3.63, 3.8) is 0 Å². The van der Waals surface area contributed by atoms with Crippen LogP contribution in [-0.2, 0) is 4.79 Å². The van der Waals surface area contributed by atoms with Gasteiger partial charge in [-0.1, -0.05) is 12.1 Å². The predicted octanol–water partition coefficient (Wildman–Crippen LogP) is 2.53. The number of nitrogens with zero attached hydrogens (tertiary/aromatic N) is 6. The first-order chi connectivity index (χ1) is 14.9. The van der Waals surface area contributed by atoms with Crippen LogP contribution in [0.2, 0.25) is 0 Å². The number of anilines is 1. The van der Waals surface area contributed by atoms with E-state index in [1.807, 2.05) is 26.0 Å². The Kier molecular flexibility index (Phi) is 5.83. The van der Waals surface area contributed by atoms with Gasteiger partial charge in [0.25, 0.3) is 5.91 Å². The third-order valence-electron chi connectivity index (χ3n) is 5.27. The normalized spacial score (nSPS) is 15.1. The van der Waals surface area contributed by atoms with Crippen molar-refractivity contribution in [3.8, 4) is 11.6 Å². The van der Waals surface area contributed by atoms with E-state index >= 15 is 0 Å². The van der Waals surface area contributed by atoms with E-state index in [2.05, 4.69) is 20.0 Å². The molecule has 8 nitrogen and oxygen atoms in total. The van der Waals surface area contributed by atoms with Gasteiger partial charge in [-0.15, -0.1) is 0 Å². The van der Waals surface area contributed by atoms with Gasteiger partial charge in [0.15, 0.2) is 23.5 Å². The largest absolute Gasteiger partial charge is 0.478 e. The molecule has 162 valence electrons. The summed E-state index contributed by atoms with van der Waals surface area (Å²) in [5.41, 5.74) is 1.93. The molecule has 0 spiro atoms. The van der Waals surface area contributed by atoms with Crippen LogP contribution in [0, 0.1) is 19.7 Å². The van der Waals surface area contributed by atoms with Crippen LogP contribution in [0.25, 0.3) is 5.82 Å². The second-order valence-corrected chi connectivity index (χ2v) is 7.58. The SMILES string of the molecule is Cc1cc(C)n(-c2cc(N3CCN(C(=O)C(C)Oc4ccccc4F)CC3)ncn2)n1. The average Bonchev–Trinajstić information content (AvgIpc) is 3.13. The minimum atomic E-state index is -0.764. The van der Waals surface area contributed by atoms with Gasteiger partial charge < -0.3 is 14.5 Å². The Morgan fingerprint density at radius 2 is 1.77 bits per heavy atom. The van der Waals surface area contributed by atoms with Gasteiger partial charge in [0, 0.05) is 37.9 Å². The average molecular weight is 424 g/mol. The first-order valence-corrected chi connectivity index (χ1v) is 10.2. The molecule has 0 N–H and O–H groups in total. The van der Waals surface area contributed by atoms with Crippen LogP contribution in [0.5, 0.6) is 5.75 Å². The highest BCUT2D eigenvalue weighted by Gasteiger charge is 2.27. The van der Waals surface area contributed by atoms with Crippen molar-refractivity contribution in [3.05, 3.63) is 59.9 Å². The number of carbonyl (C=O) groups is 1. The van der Waals surface area contributed by atoms with E-state index < -0.39 is 11.9 Å². The van der Waals surface area contributed by atoms with E-state index in [1.165, 1.54) is 18.5 Å². The predicted molar refractivity (Wildman–Crippen MR) is 114 cm³/mol. The lowest BCUT2D eigenvalue weighted by Crippen LogP contribution is -2.52. The van der Waals surface area contributed by atoms with E-state index in [4.69, 9.17) is 4.74 Å². The molecule has 1 atom stereocenters. The zero-order chi connectivity index (χ0) is 22.0. The summed E-state index contributed by atoms with van der Waals surface area (Å²) in [7, 11) is 0. The van der Waals surface area contributed by atoms with Crippen molar-refractivity contribution in [2.75, 3.05) is 31.1 Å². The van der Waals surface area contributed by atoms with Gasteiger partial charge in [0.05, 0.1) is 5.69 Å². The molecule has 0 bridgehead atoms. The maximum atomic E-state index is 13.8. The van der Waals surface area contributed by atoms with Gasteiger partial charge in [-0.3, -0.25) is 4.79 Å². The highest BCUT2D eigenvalue weighted by atomic mass is 19.1. The van der Waals surface area contributed by atoms with Gasteiger partial charge in [-0.25, -0.2) is 19.0 Å². The first-order valence-electron chi connectivity index (χ1n) is 10.2. The fourth-order valence-electron chi connectivity index (χ4n) is 3.68. The molecule has 3 aromatic rings. The molecule has 31 heavy (non-hydrogen) atoms. The van der Waals surface area contributed by atoms with Gasteiger partial charge >= 0.3 is 0 Å². The van der Waals surface area contributed by atoms with Crippen LogP contribution in [-0.4, -0.2) is 62.8 Å². The van der Waals surface area contributed by atoms with Crippen LogP contribution < -0.4 is 9.64 Å². The molecule has 0 aliphatic carbocycles. The van der Waals surface area contributed by atoms with Gasteiger partial charge in [-0.05, 0) is 39.0 Å². The zero-order valence-electron chi connectivity index (χ0n) is 17.8. The quantitative estimate of drug-likeness (QED) is 0.627. The molecule has 1 unspecified atom stereocenters. The Hall–Kier alpha value is -3.49. The fourth-order valence-corrected chi connectivity index (χ4v) is 3.68. The number of hydrogen-bond acceptors (Lipinski definition) is 6. The Morgan fingerprint density at radius 3 is 2.45 bits per heavy atom. The molecule has 1 amide bonds. The van der Waals surface area contributed by atoms with Crippen molar-refractivity contribution < 1.29 is 13.9 Å². The number of aromatic nitrogens is 4. The van der Waals surface area contributed by atoms with Gasteiger partial charge in [0.2, 0.25) is 0 Å². The molecule has 1 fully saturated rings. The van der Waals surface area contributed by atoms with E-state index in [1.54, 1.807) is 28.6 Å². The molecule has 1 aromatic carbocycles. The first kappa shape index (κ1) is 20.8. The Balaban J connectivity index is 1.38. The lowest BCUT2D eigenvalue weighted by molar-refractivity contribution is -0.138.